The molecule has 0 aliphatic carbocycles. The zero-order valence-electron chi connectivity index (χ0n) is 12.6. The van der Waals surface area contributed by atoms with Gasteiger partial charge in [-0.3, -0.25) is 4.90 Å². The Labute approximate surface area is 129 Å². The van der Waals surface area contributed by atoms with Crippen LogP contribution in [0.5, 0.6) is 5.88 Å². The fourth-order valence-electron chi connectivity index (χ4n) is 2.61. The first-order valence-electron chi connectivity index (χ1n) is 7.49. The van der Waals surface area contributed by atoms with Gasteiger partial charge in [-0.25, -0.2) is 9.78 Å². The highest BCUT2D eigenvalue weighted by molar-refractivity contribution is 5.94. The Morgan fingerprint density at radius 3 is 3.09 bits per heavy atom. The van der Waals surface area contributed by atoms with Crippen LogP contribution in [0.4, 0.5) is 10.5 Å². The van der Waals surface area contributed by atoms with E-state index in [1.807, 2.05) is 37.3 Å². The maximum absolute atomic E-state index is 12.4. The number of aromatic nitrogens is 1. The van der Waals surface area contributed by atoms with Gasteiger partial charge in [0.1, 0.15) is 0 Å². The third kappa shape index (κ3) is 3.03. The Hall–Kier alpha value is -2.56. The Balaban J connectivity index is 1.62. The zero-order chi connectivity index (χ0) is 15.4. The molecule has 0 bridgehead atoms. The molecule has 5 heteroatoms. The Morgan fingerprint density at radius 2 is 2.23 bits per heavy atom. The first-order valence-corrected chi connectivity index (χ1v) is 7.49. The molecule has 2 heterocycles. The van der Waals surface area contributed by atoms with Crippen molar-refractivity contribution in [2.24, 2.45) is 0 Å². The molecule has 0 unspecified atom stereocenters. The van der Waals surface area contributed by atoms with E-state index in [1.165, 1.54) is 5.56 Å². The van der Waals surface area contributed by atoms with Gasteiger partial charge in [-0.05, 0) is 36.6 Å². The largest absolute Gasteiger partial charge is 0.478 e. The molecule has 0 saturated heterocycles. The van der Waals surface area contributed by atoms with Crippen LogP contribution in [-0.2, 0) is 13.0 Å². The first-order chi connectivity index (χ1) is 10.8. The smallest absolute Gasteiger partial charge is 0.322 e. The number of ether oxygens (including phenoxy) is 1. The van der Waals surface area contributed by atoms with E-state index >= 15 is 0 Å². The fraction of sp³-hybridized carbons (Fsp3) is 0.294. The Morgan fingerprint density at radius 1 is 1.36 bits per heavy atom. The van der Waals surface area contributed by atoms with Gasteiger partial charge in [0, 0.05) is 31.0 Å². The Bertz CT molecular complexity index is 672. The van der Waals surface area contributed by atoms with E-state index in [9.17, 15) is 4.79 Å². The molecule has 0 fully saturated rings. The quantitative estimate of drug-likeness (QED) is 0.944. The highest BCUT2D eigenvalue weighted by Gasteiger charge is 2.23. The predicted octanol–water partition coefficient (Wildman–Crippen LogP) is 2.75. The summed E-state index contributed by atoms with van der Waals surface area (Å²) in [6.07, 6.45) is 2.60. The molecule has 2 aromatic rings. The van der Waals surface area contributed by atoms with Crippen LogP contribution >= 0.6 is 0 Å². The van der Waals surface area contributed by atoms with E-state index in [0.717, 1.165) is 24.2 Å². The summed E-state index contributed by atoms with van der Waals surface area (Å²) in [6.45, 7) is 3.68. The van der Waals surface area contributed by atoms with Gasteiger partial charge in [-0.2, -0.15) is 0 Å². The van der Waals surface area contributed by atoms with Gasteiger partial charge in [-0.1, -0.05) is 18.2 Å². The lowest BCUT2D eigenvalue weighted by molar-refractivity contribution is 0.246. The van der Waals surface area contributed by atoms with Crippen LogP contribution in [-0.4, -0.2) is 24.2 Å². The minimum atomic E-state index is -0.0697. The molecule has 1 aromatic heterocycles. The van der Waals surface area contributed by atoms with Gasteiger partial charge in [0.05, 0.1) is 6.61 Å². The minimum absolute atomic E-state index is 0.0697. The number of rotatable bonds is 4. The van der Waals surface area contributed by atoms with Crippen molar-refractivity contribution in [3.8, 4) is 5.88 Å². The normalized spacial score (nSPS) is 12.9. The summed E-state index contributed by atoms with van der Waals surface area (Å²) in [5.41, 5.74) is 3.20. The second-order valence-electron chi connectivity index (χ2n) is 5.12. The van der Waals surface area contributed by atoms with Gasteiger partial charge in [0.15, 0.2) is 0 Å². The number of hydrogen-bond donors (Lipinski definition) is 1. The first kappa shape index (κ1) is 14.4. The molecule has 1 aliphatic heterocycles. The van der Waals surface area contributed by atoms with Gasteiger partial charge >= 0.3 is 6.03 Å². The van der Waals surface area contributed by atoms with Gasteiger partial charge in [-0.15, -0.1) is 0 Å². The average molecular weight is 297 g/mol. The monoisotopic (exact) mass is 297 g/mol. The molecule has 114 valence electrons. The van der Waals surface area contributed by atoms with Crippen molar-refractivity contribution < 1.29 is 9.53 Å². The molecule has 0 atom stereocenters. The highest BCUT2D eigenvalue weighted by atomic mass is 16.5. The SMILES string of the molecule is CCOc1cc(CNC(=O)N2CCc3ccccc32)ccn1. The summed E-state index contributed by atoms with van der Waals surface area (Å²) in [5.74, 6) is 0.584. The number of amides is 2. The summed E-state index contributed by atoms with van der Waals surface area (Å²) >= 11 is 0. The van der Waals surface area contributed by atoms with Crippen molar-refractivity contribution in [2.75, 3.05) is 18.1 Å². The number of carbonyl (C=O) groups is 1. The second kappa shape index (κ2) is 6.47. The third-order valence-corrected chi connectivity index (χ3v) is 3.67. The van der Waals surface area contributed by atoms with Crippen LogP contribution in [0.2, 0.25) is 0 Å². The van der Waals surface area contributed by atoms with Crippen molar-refractivity contribution >= 4 is 11.7 Å². The van der Waals surface area contributed by atoms with Crippen molar-refractivity contribution in [3.05, 3.63) is 53.7 Å². The highest BCUT2D eigenvalue weighted by Crippen LogP contribution is 2.27. The topological polar surface area (TPSA) is 54.5 Å². The average Bonchev–Trinajstić information content (AvgIpc) is 2.97. The molecule has 1 aromatic carbocycles. The van der Waals surface area contributed by atoms with E-state index in [0.29, 0.717) is 19.0 Å². The number of hydrogen-bond acceptors (Lipinski definition) is 3. The number of benzene rings is 1. The number of pyridine rings is 1. The maximum atomic E-state index is 12.4. The summed E-state index contributed by atoms with van der Waals surface area (Å²) in [6, 6.07) is 11.7. The lowest BCUT2D eigenvalue weighted by Gasteiger charge is -2.18. The van der Waals surface area contributed by atoms with E-state index in [1.54, 1.807) is 11.1 Å². The predicted molar refractivity (Wildman–Crippen MR) is 85.1 cm³/mol. The summed E-state index contributed by atoms with van der Waals surface area (Å²) in [7, 11) is 0. The van der Waals surface area contributed by atoms with Crippen molar-refractivity contribution in [1.82, 2.24) is 10.3 Å². The number of nitrogens with zero attached hydrogens (tertiary/aromatic N) is 2. The molecule has 1 N–H and O–H groups in total. The van der Waals surface area contributed by atoms with Gasteiger partial charge in [0.2, 0.25) is 5.88 Å². The number of urea groups is 1. The van der Waals surface area contributed by atoms with Crippen LogP contribution in [0.1, 0.15) is 18.1 Å². The van der Waals surface area contributed by atoms with Crippen molar-refractivity contribution in [1.29, 1.82) is 0 Å². The standard InChI is InChI=1S/C17H19N3O2/c1-2-22-16-11-13(7-9-18-16)12-19-17(21)20-10-8-14-5-3-4-6-15(14)20/h3-7,9,11H,2,8,10,12H2,1H3,(H,19,21). The molecule has 1 aliphatic rings. The molecule has 0 spiro atoms. The lowest BCUT2D eigenvalue weighted by Crippen LogP contribution is -2.38. The lowest BCUT2D eigenvalue weighted by atomic mass is 10.2. The van der Waals surface area contributed by atoms with E-state index in [4.69, 9.17) is 4.74 Å². The Kier molecular flexibility index (Phi) is 4.23. The van der Waals surface area contributed by atoms with Crippen LogP contribution in [0.3, 0.4) is 0 Å². The van der Waals surface area contributed by atoms with Crippen LogP contribution in [0, 0.1) is 0 Å². The van der Waals surface area contributed by atoms with Crippen LogP contribution in [0.15, 0.2) is 42.6 Å². The van der Waals surface area contributed by atoms with Crippen LogP contribution in [0.25, 0.3) is 0 Å². The number of fused-ring (bicyclic) bond motifs is 1. The summed E-state index contributed by atoms with van der Waals surface area (Å²) in [4.78, 5) is 18.3. The van der Waals surface area contributed by atoms with Crippen molar-refractivity contribution in [3.63, 3.8) is 0 Å². The molecule has 0 saturated carbocycles. The molecule has 2 amide bonds. The number of anilines is 1. The number of nitrogens with one attached hydrogen (secondary N) is 1. The molecule has 3 rings (SSSR count). The molecule has 0 radical (unpaired) electrons. The van der Waals surface area contributed by atoms with E-state index in [-0.39, 0.29) is 6.03 Å². The second-order valence-corrected chi connectivity index (χ2v) is 5.12. The maximum Gasteiger partial charge on any atom is 0.322 e. The summed E-state index contributed by atoms with van der Waals surface area (Å²) in [5, 5.41) is 2.95. The van der Waals surface area contributed by atoms with E-state index < -0.39 is 0 Å². The zero-order valence-corrected chi connectivity index (χ0v) is 12.6. The molecule has 5 nitrogen and oxygen atoms in total. The number of para-hydroxylation sites is 1. The summed E-state index contributed by atoms with van der Waals surface area (Å²) < 4.78 is 5.37. The van der Waals surface area contributed by atoms with Crippen molar-refractivity contribution in [2.45, 2.75) is 19.9 Å². The minimum Gasteiger partial charge on any atom is -0.478 e. The third-order valence-electron chi connectivity index (χ3n) is 3.67. The van der Waals surface area contributed by atoms with Gasteiger partial charge < -0.3 is 10.1 Å². The molecule has 22 heavy (non-hydrogen) atoms. The number of carbonyl (C=O) groups excluding carboxylic acids is 1. The van der Waals surface area contributed by atoms with Crippen LogP contribution < -0.4 is 15.0 Å². The van der Waals surface area contributed by atoms with Gasteiger partial charge in [0.25, 0.3) is 0 Å². The van der Waals surface area contributed by atoms with E-state index in [2.05, 4.69) is 16.4 Å². The molecular weight excluding hydrogens is 278 g/mol. The molecular formula is C17H19N3O2. The fourth-order valence-corrected chi connectivity index (χ4v) is 2.61.